The summed E-state index contributed by atoms with van der Waals surface area (Å²) in [6.07, 6.45) is 5.37. The summed E-state index contributed by atoms with van der Waals surface area (Å²) >= 11 is 0. The van der Waals surface area contributed by atoms with Crippen molar-refractivity contribution in [3.05, 3.63) is 35.4 Å². The van der Waals surface area contributed by atoms with Crippen LogP contribution in [0.2, 0.25) is 0 Å². The van der Waals surface area contributed by atoms with Crippen molar-refractivity contribution in [2.24, 2.45) is 5.92 Å². The molecule has 0 atom stereocenters. The van der Waals surface area contributed by atoms with E-state index in [-0.39, 0.29) is 6.61 Å². The topological polar surface area (TPSA) is 29.5 Å². The highest BCUT2D eigenvalue weighted by Crippen LogP contribution is 2.24. The Morgan fingerprint density at radius 2 is 2.11 bits per heavy atom. The summed E-state index contributed by atoms with van der Waals surface area (Å²) in [7, 11) is 0. The fourth-order valence-corrected chi connectivity index (χ4v) is 2.40. The van der Waals surface area contributed by atoms with E-state index in [1.165, 1.54) is 25.7 Å². The normalized spacial score (nSPS) is 15.4. The molecule has 0 radical (unpaired) electrons. The number of rotatable bonds is 4. The molecule has 0 spiro atoms. The lowest BCUT2D eigenvalue weighted by Gasteiger charge is -2.09. The maximum Gasteiger partial charge on any atom is 0.104 e. The molecule has 96 valence electrons. The molecule has 0 bridgehead atoms. The van der Waals surface area contributed by atoms with E-state index in [1.807, 2.05) is 18.2 Å². The Morgan fingerprint density at radius 3 is 2.89 bits per heavy atom. The Kier molecular flexibility index (Phi) is 5.26. The van der Waals surface area contributed by atoms with Gasteiger partial charge in [0.1, 0.15) is 6.61 Å². The largest absolute Gasteiger partial charge is 0.384 e. The number of hydrogen-bond acceptors (Lipinski definition) is 2. The van der Waals surface area contributed by atoms with Crippen LogP contribution in [0.15, 0.2) is 24.3 Å². The molecule has 1 fully saturated rings. The van der Waals surface area contributed by atoms with Crippen molar-refractivity contribution in [2.75, 3.05) is 13.2 Å². The molecule has 1 aliphatic rings. The van der Waals surface area contributed by atoms with Gasteiger partial charge < -0.3 is 9.84 Å². The number of hydrogen-bond donors (Lipinski definition) is 1. The number of benzene rings is 1. The van der Waals surface area contributed by atoms with E-state index in [1.54, 1.807) is 0 Å². The van der Waals surface area contributed by atoms with Gasteiger partial charge in [-0.25, -0.2) is 0 Å². The first-order chi connectivity index (χ1) is 8.88. The fourth-order valence-electron chi connectivity index (χ4n) is 2.40. The Balaban J connectivity index is 1.81. The average molecular weight is 244 g/mol. The summed E-state index contributed by atoms with van der Waals surface area (Å²) in [4.78, 5) is 0. The molecule has 2 heteroatoms. The van der Waals surface area contributed by atoms with Gasteiger partial charge in [0.2, 0.25) is 0 Å². The van der Waals surface area contributed by atoms with Crippen LogP contribution in [-0.2, 0) is 11.3 Å². The molecular formula is C16H20O2. The first-order valence-corrected chi connectivity index (χ1v) is 6.65. The van der Waals surface area contributed by atoms with Crippen LogP contribution in [0, 0.1) is 17.8 Å². The van der Waals surface area contributed by atoms with Crippen molar-refractivity contribution in [3.63, 3.8) is 0 Å². The average Bonchev–Trinajstić information content (AvgIpc) is 2.90. The van der Waals surface area contributed by atoms with Gasteiger partial charge in [-0.15, -0.1) is 0 Å². The zero-order chi connectivity index (χ0) is 12.6. The first-order valence-electron chi connectivity index (χ1n) is 6.65. The lowest BCUT2D eigenvalue weighted by molar-refractivity contribution is 0.0889. The highest BCUT2D eigenvalue weighted by molar-refractivity contribution is 5.36. The highest BCUT2D eigenvalue weighted by Gasteiger charge is 2.14. The molecule has 1 aromatic carbocycles. The van der Waals surface area contributed by atoms with Gasteiger partial charge >= 0.3 is 0 Å². The summed E-state index contributed by atoms with van der Waals surface area (Å²) in [5.41, 5.74) is 2.09. The SMILES string of the molecule is OCC#Cc1cccc(COCC2CCCC2)c1. The zero-order valence-electron chi connectivity index (χ0n) is 10.7. The van der Waals surface area contributed by atoms with E-state index in [0.717, 1.165) is 23.7 Å². The summed E-state index contributed by atoms with van der Waals surface area (Å²) < 4.78 is 5.77. The monoisotopic (exact) mass is 244 g/mol. The third kappa shape index (κ3) is 4.18. The van der Waals surface area contributed by atoms with E-state index >= 15 is 0 Å². The molecule has 18 heavy (non-hydrogen) atoms. The van der Waals surface area contributed by atoms with Gasteiger partial charge in [-0.05, 0) is 36.5 Å². The van der Waals surface area contributed by atoms with Crippen molar-refractivity contribution in [1.82, 2.24) is 0 Å². The van der Waals surface area contributed by atoms with Crippen LogP contribution in [0.3, 0.4) is 0 Å². The predicted octanol–water partition coefficient (Wildman–Crippen LogP) is 2.74. The predicted molar refractivity (Wildman–Crippen MR) is 72.0 cm³/mol. The molecular weight excluding hydrogens is 224 g/mol. The quantitative estimate of drug-likeness (QED) is 0.825. The molecule has 1 aliphatic carbocycles. The maximum atomic E-state index is 8.66. The van der Waals surface area contributed by atoms with Crippen molar-refractivity contribution in [1.29, 1.82) is 0 Å². The number of aliphatic hydroxyl groups is 1. The van der Waals surface area contributed by atoms with E-state index < -0.39 is 0 Å². The first kappa shape index (κ1) is 13.1. The number of ether oxygens (including phenoxy) is 1. The van der Waals surface area contributed by atoms with Gasteiger partial charge in [0.15, 0.2) is 0 Å². The summed E-state index contributed by atoms with van der Waals surface area (Å²) in [5.74, 6) is 6.33. The highest BCUT2D eigenvalue weighted by atomic mass is 16.5. The molecule has 1 N–H and O–H groups in total. The van der Waals surface area contributed by atoms with Crippen LogP contribution in [0.4, 0.5) is 0 Å². The van der Waals surface area contributed by atoms with Crippen LogP contribution in [0.1, 0.15) is 36.8 Å². The third-order valence-corrected chi connectivity index (χ3v) is 3.34. The lowest BCUT2D eigenvalue weighted by Crippen LogP contribution is -2.05. The smallest absolute Gasteiger partial charge is 0.104 e. The molecule has 0 aliphatic heterocycles. The van der Waals surface area contributed by atoms with E-state index in [2.05, 4.69) is 17.9 Å². The summed E-state index contributed by atoms with van der Waals surface area (Å²) in [6.45, 7) is 1.44. The molecule has 0 heterocycles. The second-order valence-corrected chi connectivity index (χ2v) is 4.83. The molecule has 1 aromatic rings. The second-order valence-electron chi connectivity index (χ2n) is 4.83. The van der Waals surface area contributed by atoms with Crippen molar-refractivity contribution in [2.45, 2.75) is 32.3 Å². The minimum Gasteiger partial charge on any atom is -0.384 e. The van der Waals surface area contributed by atoms with Gasteiger partial charge in [-0.2, -0.15) is 0 Å². The molecule has 0 aromatic heterocycles. The maximum absolute atomic E-state index is 8.66. The fraction of sp³-hybridized carbons (Fsp3) is 0.500. The van der Waals surface area contributed by atoms with Gasteiger partial charge in [-0.3, -0.25) is 0 Å². The van der Waals surface area contributed by atoms with Gasteiger partial charge in [-0.1, -0.05) is 36.8 Å². The third-order valence-electron chi connectivity index (χ3n) is 3.34. The van der Waals surface area contributed by atoms with Crippen LogP contribution in [-0.4, -0.2) is 18.3 Å². The Labute approximate surface area is 109 Å². The van der Waals surface area contributed by atoms with Crippen LogP contribution >= 0.6 is 0 Å². The van der Waals surface area contributed by atoms with E-state index in [0.29, 0.717) is 6.61 Å². The van der Waals surface area contributed by atoms with E-state index in [9.17, 15) is 0 Å². The van der Waals surface area contributed by atoms with Crippen LogP contribution in [0.25, 0.3) is 0 Å². The van der Waals surface area contributed by atoms with Crippen molar-refractivity contribution < 1.29 is 9.84 Å². The van der Waals surface area contributed by atoms with Crippen LogP contribution < -0.4 is 0 Å². The van der Waals surface area contributed by atoms with Crippen LogP contribution in [0.5, 0.6) is 0 Å². The van der Waals surface area contributed by atoms with Gasteiger partial charge in [0.25, 0.3) is 0 Å². The molecule has 2 rings (SSSR count). The standard InChI is InChI=1S/C16H20O2/c17-10-4-9-14-7-3-8-16(11-14)13-18-12-15-5-1-2-6-15/h3,7-8,11,15,17H,1-2,5-6,10,12-13H2. The van der Waals surface area contributed by atoms with Gasteiger partial charge in [0, 0.05) is 12.2 Å². The van der Waals surface area contributed by atoms with E-state index in [4.69, 9.17) is 9.84 Å². The Hall–Kier alpha value is -1.30. The Bertz CT molecular complexity index is 422. The molecule has 0 saturated heterocycles. The second kappa shape index (κ2) is 7.20. The minimum absolute atomic E-state index is 0.0948. The molecule has 0 amide bonds. The summed E-state index contributed by atoms with van der Waals surface area (Å²) in [5, 5.41) is 8.66. The van der Waals surface area contributed by atoms with Crippen molar-refractivity contribution in [3.8, 4) is 11.8 Å². The zero-order valence-corrected chi connectivity index (χ0v) is 10.7. The molecule has 0 unspecified atom stereocenters. The molecule has 2 nitrogen and oxygen atoms in total. The van der Waals surface area contributed by atoms with Crippen molar-refractivity contribution >= 4 is 0 Å². The Morgan fingerprint density at radius 1 is 1.28 bits per heavy atom. The molecule has 1 saturated carbocycles. The van der Waals surface area contributed by atoms with Gasteiger partial charge in [0.05, 0.1) is 6.61 Å². The summed E-state index contributed by atoms with van der Waals surface area (Å²) in [6, 6.07) is 8.01. The minimum atomic E-state index is -0.0948. The number of aliphatic hydroxyl groups excluding tert-OH is 1. The lowest BCUT2D eigenvalue weighted by atomic mass is 10.1.